The number of carbonyl (C=O) groups is 1. The Kier molecular flexibility index (Phi) is 6.47. The second-order valence-electron chi connectivity index (χ2n) is 4.83. The largest absolute Gasteiger partial charge is 0.494 e. The van der Waals surface area contributed by atoms with Gasteiger partial charge in [0.15, 0.2) is 6.61 Å². The van der Waals surface area contributed by atoms with Crippen LogP contribution in [0.25, 0.3) is 0 Å². The molecule has 8 heteroatoms. The van der Waals surface area contributed by atoms with Crippen molar-refractivity contribution in [2.24, 2.45) is 5.10 Å². The lowest BCUT2D eigenvalue weighted by Crippen LogP contribution is -2.24. The molecule has 8 nitrogen and oxygen atoms in total. The first-order chi connectivity index (χ1) is 12.1. The summed E-state index contributed by atoms with van der Waals surface area (Å²) in [7, 11) is 0. The number of carbonyl (C=O) groups excluding carboxylic acids is 1. The maximum Gasteiger partial charge on any atom is 0.277 e. The summed E-state index contributed by atoms with van der Waals surface area (Å²) in [4.78, 5) is 21.7. The number of hydrazone groups is 1. The molecular weight excluding hydrogens is 326 g/mol. The molecule has 2 aromatic carbocycles. The van der Waals surface area contributed by atoms with E-state index in [0.717, 1.165) is 5.75 Å². The van der Waals surface area contributed by atoms with Crippen molar-refractivity contribution in [2.75, 3.05) is 13.2 Å². The first-order valence-electron chi connectivity index (χ1n) is 7.50. The van der Waals surface area contributed by atoms with Gasteiger partial charge in [0.25, 0.3) is 11.6 Å². The third-order valence-corrected chi connectivity index (χ3v) is 3.01. The zero-order valence-corrected chi connectivity index (χ0v) is 13.5. The minimum Gasteiger partial charge on any atom is -0.494 e. The molecule has 0 aromatic heterocycles. The second kappa shape index (κ2) is 9.02. The second-order valence-corrected chi connectivity index (χ2v) is 4.83. The lowest BCUT2D eigenvalue weighted by Gasteiger charge is -2.06. The van der Waals surface area contributed by atoms with Crippen LogP contribution in [0.3, 0.4) is 0 Å². The molecule has 25 heavy (non-hydrogen) atoms. The summed E-state index contributed by atoms with van der Waals surface area (Å²) in [5.74, 6) is 0.844. The van der Waals surface area contributed by atoms with Crippen molar-refractivity contribution in [1.82, 2.24) is 5.43 Å². The van der Waals surface area contributed by atoms with Gasteiger partial charge in [-0.15, -0.1) is 0 Å². The van der Waals surface area contributed by atoms with Gasteiger partial charge in [-0.2, -0.15) is 5.10 Å². The number of nitrogens with one attached hydrogen (secondary N) is 1. The SMILES string of the molecule is CCOc1ccc(OCC(=O)N/N=C\c2ccc([N+](=O)[O-])cc2)cc1. The lowest BCUT2D eigenvalue weighted by molar-refractivity contribution is -0.384. The summed E-state index contributed by atoms with van der Waals surface area (Å²) in [5, 5.41) is 14.3. The van der Waals surface area contributed by atoms with Crippen molar-refractivity contribution in [3.8, 4) is 11.5 Å². The third kappa shape index (κ3) is 5.94. The maximum absolute atomic E-state index is 11.7. The van der Waals surface area contributed by atoms with Crippen LogP contribution in [-0.4, -0.2) is 30.3 Å². The number of amides is 1. The van der Waals surface area contributed by atoms with Gasteiger partial charge >= 0.3 is 0 Å². The van der Waals surface area contributed by atoms with E-state index in [2.05, 4.69) is 10.5 Å². The molecule has 0 radical (unpaired) electrons. The number of nitro groups is 1. The van der Waals surface area contributed by atoms with Crippen LogP contribution in [0, 0.1) is 10.1 Å². The molecule has 2 rings (SSSR count). The Hall–Kier alpha value is -3.42. The fourth-order valence-electron chi connectivity index (χ4n) is 1.84. The topological polar surface area (TPSA) is 103 Å². The summed E-state index contributed by atoms with van der Waals surface area (Å²) in [6.07, 6.45) is 1.39. The van der Waals surface area contributed by atoms with Crippen LogP contribution in [0.5, 0.6) is 11.5 Å². The Bertz CT molecular complexity index is 742. The van der Waals surface area contributed by atoms with Crippen molar-refractivity contribution in [1.29, 1.82) is 0 Å². The van der Waals surface area contributed by atoms with Crippen molar-refractivity contribution in [3.63, 3.8) is 0 Å². The van der Waals surface area contributed by atoms with E-state index in [1.807, 2.05) is 6.92 Å². The molecule has 0 fully saturated rings. The summed E-state index contributed by atoms with van der Waals surface area (Å²) in [6.45, 7) is 2.28. The molecule has 0 saturated carbocycles. The molecule has 1 amide bonds. The molecule has 0 unspecified atom stereocenters. The Morgan fingerprint density at radius 3 is 2.28 bits per heavy atom. The normalized spacial score (nSPS) is 10.4. The number of hydrogen-bond donors (Lipinski definition) is 1. The maximum atomic E-state index is 11.7. The van der Waals surface area contributed by atoms with Crippen LogP contribution in [0.15, 0.2) is 53.6 Å². The zero-order chi connectivity index (χ0) is 18.1. The Labute approximate surface area is 144 Å². The highest BCUT2D eigenvalue weighted by molar-refractivity contribution is 5.83. The van der Waals surface area contributed by atoms with E-state index >= 15 is 0 Å². The monoisotopic (exact) mass is 343 g/mol. The van der Waals surface area contributed by atoms with Gasteiger partial charge in [-0.1, -0.05) is 0 Å². The van der Waals surface area contributed by atoms with E-state index in [0.29, 0.717) is 17.9 Å². The summed E-state index contributed by atoms with van der Waals surface area (Å²) in [5.41, 5.74) is 2.93. The number of nitrogens with zero attached hydrogens (tertiary/aromatic N) is 2. The van der Waals surface area contributed by atoms with Crippen molar-refractivity contribution >= 4 is 17.8 Å². The fraction of sp³-hybridized carbons (Fsp3) is 0.176. The molecule has 1 N–H and O–H groups in total. The van der Waals surface area contributed by atoms with Gasteiger partial charge in [-0.25, -0.2) is 5.43 Å². The van der Waals surface area contributed by atoms with Gasteiger partial charge in [0.1, 0.15) is 11.5 Å². The van der Waals surface area contributed by atoms with Crippen LogP contribution < -0.4 is 14.9 Å². The molecule has 0 spiro atoms. The van der Waals surface area contributed by atoms with Gasteiger partial charge < -0.3 is 9.47 Å². The minimum absolute atomic E-state index is 0.00931. The van der Waals surface area contributed by atoms with E-state index < -0.39 is 10.8 Å². The fourth-order valence-corrected chi connectivity index (χ4v) is 1.84. The molecule has 0 saturated heterocycles. The summed E-state index contributed by atoms with van der Waals surface area (Å²) >= 11 is 0. The van der Waals surface area contributed by atoms with E-state index in [9.17, 15) is 14.9 Å². The predicted octanol–water partition coefficient (Wildman–Crippen LogP) is 2.52. The van der Waals surface area contributed by atoms with Gasteiger partial charge in [0.05, 0.1) is 17.7 Å². The van der Waals surface area contributed by atoms with Crippen LogP contribution in [0.4, 0.5) is 5.69 Å². The highest BCUT2D eigenvalue weighted by atomic mass is 16.6. The Morgan fingerprint density at radius 1 is 1.12 bits per heavy atom. The first kappa shape index (κ1) is 17.9. The zero-order valence-electron chi connectivity index (χ0n) is 13.5. The van der Waals surface area contributed by atoms with Crippen molar-refractivity contribution in [3.05, 3.63) is 64.2 Å². The molecule has 2 aromatic rings. The Balaban J connectivity index is 1.77. The van der Waals surface area contributed by atoms with Gasteiger partial charge in [0.2, 0.25) is 0 Å². The molecule has 0 heterocycles. The quantitative estimate of drug-likeness (QED) is 0.451. The molecular formula is C17H17N3O5. The molecule has 0 bridgehead atoms. The average molecular weight is 343 g/mol. The van der Waals surface area contributed by atoms with E-state index in [1.165, 1.54) is 30.5 Å². The summed E-state index contributed by atoms with van der Waals surface area (Å²) < 4.78 is 10.6. The molecule has 130 valence electrons. The Morgan fingerprint density at radius 2 is 1.72 bits per heavy atom. The molecule has 0 aliphatic heterocycles. The van der Waals surface area contributed by atoms with E-state index in [4.69, 9.17) is 9.47 Å². The van der Waals surface area contributed by atoms with E-state index in [-0.39, 0.29) is 12.3 Å². The predicted molar refractivity (Wildman–Crippen MR) is 91.9 cm³/mol. The van der Waals surface area contributed by atoms with Crippen molar-refractivity contribution in [2.45, 2.75) is 6.92 Å². The highest BCUT2D eigenvalue weighted by Crippen LogP contribution is 2.17. The number of benzene rings is 2. The minimum atomic E-state index is -0.485. The van der Waals surface area contributed by atoms with Crippen LogP contribution in [0.2, 0.25) is 0 Å². The third-order valence-electron chi connectivity index (χ3n) is 3.01. The van der Waals surface area contributed by atoms with Crippen LogP contribution >= 0.6 is 0 Å². The standard InChI is InChI=1S/C17H17N3O5/c1-2-24-15-7-9-16(10-8-15)25-12-17(21)19-18-11-13-3-5-14(6-4-13)20(22)23/h3-11H,2,12H2,1H3,(H,19,21)/b18-11-. The van der Waals surface area contributed by atoms with E-state index in [1.54, 1.807) is 24.3 Å². The molecule has 0 aliphatic rings. The van der Waals surface area contributed by atoms with Crippen LogP contribution in [0.1, 0.15) is 12.5 Å². The van der Waals surface area contributed by atoms with Crippen molar-refractivity contribution < 1.29 is 19.2 Å². The van der Waals surface area contributed by atoms with Crippen LogP contribution in [-0.2, 0) is 4.79 Å². The number of rotatable bonds is 8. The number of ether oxygens (including phenoxy) is 2. The first-order valence-corrected chi connectivity index (χ1v) is 7.50. The number of hydrogen-bond acceptors (Lipinski definition) is 6. The smallest absolute Gasteiger partial charge is 0.277 e. The summed E-state index contributed by atoms with van der Waals surface area (Å²) in [6, 6.07) is 12.7. The van der Waals surface area contributed by atoms with Gasteiger partial charge in [-0.3, -0.25) is 14.9 Å². The number of non-ortho nitro benzene ring substituents is 1. The lowest BCUT2D eigenvalue weighted by atomic mass is 10.2. The highest BCUT2D eigenvalue weighted by Gasteiger charge is 2.04. The molecule has 0 aliphatic carbocycles. The number of nitro benzene ring substituents is 1. The van der Waals surface area contributed by atoms with Gasteiger partial charge in [0, 0.05) is 12.1 Å². The van der Waals surface area contributed by atoms with Gasteiger partial charge in [-0.05, 0) is 48.9 Å². The average Bonchev–Trinajstić information content (AvgIpc) is 2.62. The molecule has 0 atom stereocenters.